The van der Waals surface area contributed by atoms with Gasteiger partial charge in [-0.25, -0.2) is 9.59 Å². The minimum Gasteiger partial charge on any atom is -0.369 e. The van der Waals surface area contributed by atoms with Crippen LogP contribution in [0, 0.1) is 6.92 Å². The number of aryl methyl sites for hydroxylation is 1. The fourth-order valence-corrected chi connectivity index (χ4v) is 1.69. The van der Waals surface area contributed by atoms with E-state index in [0.717, 1.165) is 0 Å². The lowest BCUT2D eigenvalue weighted by atomic mass is 10.1. The topological polar surface area (TPSA) is 102 Å². The van der Waals surface area contributed by atoms with Crippen LogP contribution in [0.25, 0.3) is 0 Å². The average Bonchev–Trinajstić information content (AvgIpc) is 2.23. The van der Waals surface area contributed by atoms with Crippen molar-refractivity contribution >= 4 is 43.5 Å². The van der Waals surface area contributed by atoms with E-state index < -0.39 is 9.33 Å². The van der Waals surface area contributed by atoms with Crippen molar-refractivity contribution in [3.63, 3.8) is 0 Å². The van der Waals surface area contributed by atoms with Gasteiger partial charge in [0, 0.05) is 0 Å². The molecule has 18 heavy (non-hydrogen) atoms. The smallest absolute Gasteiger partial charge is 0.369 e. The molecule has 0 aliphatic heterocycles. The van der Waals surface area contributed by atoms with E-state index in [9.17, 15) is 18.0 Å². The normalized spacial score (nSPS) is 10.1. The Labute approximate surface area is 106 Å². The molecule has 0 bridgehead atoms. The highest BCUT2D eigenvalue weighted by molar-refractivity contribution is 8.10. The van der Waals surface area contributed by atoms with E-state index in [-0.39, 0.29) is 17.1 Å². The quantitative estimate of drug-likeness (QED) is 0.477. The van der Waals surface area contributed by atoms with Crippen molar-refractivity contribution in [2.24, 2.45) is 9.98 Å². The van der Waals surface area contributed by atoms with E-state index in [2.05, 4.69) is 14.2 Å². The number of halogens is 1. The predicted molar refractivity (Wildman–Crippen MR) is 62.1 cm³/mol. The van der Waals surface area contributed by atoms with Gasteiger partial charge in [0.25, 0.3) is 0 Å². The van der Waals surface area contributed by atoms with Crippen LogP contribution in [0.2, 0.25) is 0 Å². The van der Waals surface area contributed by atoms with Gasteiger partial charge in [-0.3, -0.25) is 0 Å². The number of nitrogens with zero attached hydrogens (tertiary/aromatic N) is 2. The van der Waals surface area contributed by atoms with Gasteiger partial charge in [0.05, 0.1) is 16.4 Å². The second-order valence-corrected chi connectivity index (χ2v) is 5.08. The Kier molecular flexibility index (Phi) is 4.36. The lowest BCUT2D eigenvalue weighted by Crippen LogP contribution is -2.00. The molecule has 7 nitrogen and oxygen atoms in total. The number of hydrogen-bond donors (Lipinski definition) is 0. The third-order valence-electron chi connectivity index (χ3n) is 1.80. The fourth-order valence-electron chi connectivity index (χ4n) is 1.14. The van der Waals surface area contributed by atoms with Gasteiger partial charge in [0.1, 0.15) is 5.69 Å². The predicted octanol–water partition coefficient (Wildman–Crippen LogP) is 1.79. The molecule has 0 aliphatic carbocycles. The number of isocyanates is 2. The van der Waals surface area contributed by atoms with E-state index in [4.69, 9.17) is 10.7 Å². The van der Waals surface area contributed by atoms with Crippen LogP contribution in [0.5, 0.6) is 5.75 Å². The Morgan fingerprint density at radius 1 is 1.17 bits per heavy atom. The molecule has 0 unspecified atom stereocenters. The molecule has 0 aliphatic rings. The van der Waals surface area contributed by atoms with Crippen LogP contribution in [0.1, 0.15) is 5.56 Å². The van der Waals surface area contributed by atoms with Crippen LogP contribution in [0.4, 0.5) is 11.4 Å². The summed E-state index contributed by atoms with van der Waals surface area (Å²) in [4.78, 5) is 27.0. The maximum absolute atomic E-state index is 10.8. The highest BCUT2D eigenvalue weighted by Gasteiger charge is 2.14. The van der Waals surface area contributed by atoms with Crippen LogP contribution in [0.15, 0.2) is 22.1 Å². The maximum atomic E-state index is 10.8. The number of carbonyl (C=O) groups excluding carboxylic acids is 2. The van der Waals surface area contributed by atoms with Crippen LogP contribution >= 0.6 is 10.7 Å². The van der Waals surface area contributed by atoms with Crippen molar-refractivity contribution < 1.29 is 22.2 Å². The summed E-state index contributed by atoms with van der Waals surface area (Å²) in [7, 11) is 0.632. The van der Waals surface area contributed by atoms with Gasteiger partial charge < -0.3 is 4.18 Å². The van der Waals surface area contributed by atoms with Gasteiger partial charge in [-0.2, -0.15) is 18.4 Å². The second kappa shape index (κ2) is 5.57. The lowest BCUT2D eigenvalue weighted by Gasteiger charge is -2.06. The highest BCUT2D eigenvalue weighted by Crippen LogP contribution is 2.35. The molecule has 1 rings (SSSR count). The van der Waals surface area contributed by atoms with Gasteiger partial charge in [-0.15, -0.1) is 0 Å². The standard InChI is InChI=1S/C9H5ClN2O5S/c1-6-2-9(17-18(10,15)16)8(12-5-14)3-7(6)11-4-13/h2-3H,1H3. The van der Waals surface area contributed by atoms with Crippen LogP contribution in [-0.4, -0.2) is 20.6 Å². The van der Waals surface area contributed by atoms with Crippen molar-refractivity contribution in [3.05, 3.63) is 17.7 Å². The summed E-state index contributed by atoms with van der Waals surface area (Å²) in [5.74, 6) is -0.268. The fraction of sp³-hybridized carbons (Fsp3) is 0.111. The molecule has 94 valence electrons. The summed E-state index contributed by atoms with van der Waals surface area (Å²) in [6.45, 7) is 1.54. The molecule has 1 aromatic carbocycles. The molecule has 0 atom stereocenters. The first-order valence-electron chi connectivity index (χ1n) is 4.32. The van der Waals surface area contributed by atoms with Crippen molar-refractivity contribution in [2.45, 2.75) is 6.92 Å². The summed E-state index contributed by atoms with van der Waals surface area (Å²) in [5, 5.41) is 0. The van der Waals surface area contributed by atoms with Crippen LogP contribution < -0.4 is 4.18 Å². The monoisotopic (exact) mass is 288 g/mol. The first-order valence-corrected chi connectivity index (χ1v) is 6.55. The first kappa shape index (κ1) is 14.1. The van der Waals surface area contributed by atoms with E-state index in [0.29, 0.717) is 5.56 Å². The third-order valence-corrected chi connectivity index (χ3v) is 2.37. The van der Waals surface area contributed by atoms with E-state index in [1.165, 1.54) is 31.2 Å². The Bertz CT molecular complexity index is 672. The van der Waals surface area contributed by atoms with Gasteiger partial charge in [0.15, 0.2) is 5.75 Å². The van der Waals surface area contributed by atoms with E-state index >= 15 is 0 Å². The molecule has 0 saturated heterocycles. The number of hydrogen-bond acceptors (Lipinski definition) is 7. The van der Waals surface area contributed by atoms with E-state index in [1.54, 1.807) is 0 Å². The Balaban J connectivity index is 3.46. The van der Waals surface area contributed by atoms with Crippen LogP contribution in [-0.2, 0) is 18.9 Å². The van der Waals surface area contributed by atoms with Gasteiger partial charge in [-0.1, -0.05) is 0 Å². The third kappa shape index (κ3) is 3.80. The molecule has 0 fully saturated rings. The summed E-state index contributed by atoms with van der Waals surface area (Å²) in [6, 6.07) is 2.38. The Hall–Kier alpha value is -1.98. The van der Waals surface area contributed by atoms with Gasteiger partial charge in [-0.05, 0) is 24.6 Å². The van der Waals surface area contributed by atoms with Crippen molar-refractivity contribution in [1.29, 1.82) is 0 Å². The second-order valence-electron chi connectivity index (χ2n) is 2.99. The van der Waals surface area contributed by atoms with Crippen molar-refractivity contribution in [2.75, 3.05) is 0 Å². The minimum atomic E-state index is -4.29. The van der Waals surface area contributed by atoms with Crippen LogP contribution in [0.3, 0.4) is 0 Å². The highest BCUT2D eigenvalue weighted by atomic mass is 35.7. The number of aliphatic imine (C=N–C) groups is 2. The zero-order valence-electron chi connectivity index (χ0n) is 8.88. The SMILES string of the molecule is Cc1cc(OS(=O)(=O)Cl)c(N=C=O)cc1N=C=O. The van der Waals surface area contributed by atoms with Crippen molar-refractivity contribution in [1.82, 2.24) is 0 Å². The van der Waals surface area contributed by atoms with Crippen molar-refractivity contribution in [3.8, 4) is 5.75 Å². The van der Waals surface area contributed by atoms with E-state index in [1.807, 2.05) is 0 Å². The Morgan fingerprint density at radius 2 is 1.72 bits per heavy atom. The zero-order valence-corrected chi connectivity index (χ0v) is 10.4. The molecular formula is C9H5ClN2O5S. The molecule has 0 saturated carbocycles. The Morgan fingerprint density at radius 3 is 2.22 bits per heavy atom. The number of benzene rings is 1. The average molecular weight is 289 g/mol. The molecular weight excluding hydrogens is 284 g/mol. The molecule has 0 spiro atoms. The number of rotatable bonds is 4. The first-order chi connectivity index (χ1) is 8.37. The zero-order chi connectivity index (χ0) is 13.8. The molecule has 9 heteroatoms. The molecule has 0 radical (unpaired) electrons. The largest absolute Gasteiger partial charge is 0.401 e. The summed E-state index contributed by atoms with van der Waals surface area (Å²) in [5.41, 5.74) is 0.408. The van der Waals surface area contributed by atoms with Gasteiger partial charge >= 0.3 is 9.33 Å². The molecule has 0 N–H and O–H groups in total. The summed E-state index contributed by atoms with van der Waals surface area (Å²) in [6.07, 6.45) is 2.53. The minimum absolute atomic E-state index is 0.165. The lowest BCUT2D eigenvalue weighted by molar-refractivity contribution is 0.503. The van der Waals surface area contributed by atoms with Gasteiger partial charge in [0.2, 0.25) is 12.2 Å². The summed E-state index contributed by atoms with van der Waals surface area (Å²) < 4.78 is 26.0. The molecule has 1 aromatic rings. The summed E-state index contributed by atoms with van der Waals surface area (Å²) >= 11 is 0. The molecule has 0 aromatic heterocycles. The molecule has 0 heterocycles. The molecule has 0 amide bonds. The maximum Gasteiger partial charge on any atom is 0.401 e.